The molecule has 0 bridgehead atoms. The Morgan fingerprint density at radius 1 is 1.26 bits per heavy atom. The molecule has 0 saturated carbocycles. The van der Waals surface area contributed by atoms with E-state index in [1.165, 1.54) is 7.11 Å². The maximum Gasteiger partial charge on any atom is 0.334 e. The van der Waals surface area contributed by atoms with Gasteiger partial charge in [0.05, 0.1) is 7.11 Å². The Balaban J connectivity index is 2.76. The molecule has 0 spiro atoms. The van der Waals surface area contributed by atoms with Crippen molar-refractivity contribution in [1.82, 2.24) is 0 Å². The van der Waals surface area contributed by atoms with E-state index < -0.39 is 0 Å². The van der Waals surface area contributed by atoms with Crippen LogP contribution >= 0.6 is 0 Å². The Bertz CT molecular complexity index is 493. The highest BCUT2D eigenvalue weighted by Crippen LogP contribution is 2.07. The minimum absolute atomic E-state index is 0.313. The summed E-state index contributed by atoms with van der Waals surface area (Å²) in [6, 6.07) is 9.90. The molecule has 0 aliphatic rings. The number of allylic oxidation sites excluding steroid dienone is 5. The van der Waals surface area contributed by atoms with Gasteiger partial charge in [0.1, 0.15) is 0 Å². The second kappa shape index (κ2) is 8.70. The van der Waals surface area contributed by atoms with Crippen LogP contribution in [-0.4, -0.2) is 13.1 Å². The normalized spacial score (nSPS) is 11.9. The lowest BCUT2D eigenvalue weighted by atomic mass is 10.1. The molecule has 0 aliphatic heterocycles. The van der Waals surface area contributed by atoms with Crippen molar-refractivity contribution in [2.75, 3.05) is 7.11 Å². The highest BCUT2D eigenvalue weighted by atomic mass is 16.5. The molecule has 2 heteroatoms. The van der Waals surface area contributed by atoms with Crippen LogP contribution in [0.2, 0.25) is 0 Å². The van der Waals surface area contributed by atoms with E-state index in [1.807, 2.05) is 48.6 Å². The van der Waals surface area contributed by atoms with Gasteiger partial charge in [-0.3, -0.25) is 0 Å². The third-order valence-electron chi connectivity index (χ3n) is 2.44. The minimum atomic E-state index is -0.313. The first kappa shape index (κ1) is 14.7. The van der Waals surface area contributed by atoms with Gasteiger partial charge in [-0.1, -0.05) is 73.4 Å². The van der Waals surface area contributed by atoms with Crippen LogP contribution < -0.4 is 0 Å². The van der Waals surface area contributed by atoms with Crippen molar-refractivity contribution in [3.05, 3.63) is 78.4 Å². The zero-order chi connectivity index (χ0) is 13.9. The Labute approximate surface area is 114 Å². The van der Waals surface area contributed by atoms with Crippen molar-refractivity contribution in [1.29, 1.82) is 0 Å². The fourth-order valence-corrected chi connectivity index (χ4v) is 1.48. The van der Waals surface area contributed by atoms with Gasteiger partial charge in [0.2, 0.25) is 0 Å². The summed E-state index contributed by atoms with van der Waals surface area (Å²) >= 11 is 0. The molecule has 2 nitrogen and oxygen atoms in total. The third kappa shape index (κ3) is 5.68. The topological polar surface area (TPSA) is 26.3 Å². The Kier molecular flexibility index (Phi) is 6.73. The lowest BCUT2D eigenvalue weighted by Gasteiger charge is -2.00. The van der Waals surface area contributed by atoms with Crippen molar-refractivity contribution in [2.45, 2.75) is 6.42 Å². The maximum atomic E-state index is 11.6. The summed E-state index contributed by atoms with van der Waals surface area (Å²) in [4.78, 5) is 11.6. The van der Waals surface area contributed by atoms with E-state index in [0.29, 0.717) is 12.0 Å². The molecule has 0 fully saturated rings. The molecule has 0 unspecified atom stereocenters. The monoisotopic (exact) mass is 254 g/mol. The van der Waals surface area contributed by atoms with Gasteiger partial charge in [-0.05, 0) is 12.0 Å². The lowest BCUT2D eigenvalue weighted by molar-refractivity contribution is -0.136. The third-order valence-corrected chi connectivity index (χ3v) is 2.44. The highest BCUT2D eigenvalue weighted by molar-refractivity contribution is 5.89. The molecular formula is C17H18O2. The lowest BCUT2D eigenvalue weighted by Crippen LogP contribution is -2.03. The zero-order valence-corrected chi connectivity index (χ0v) is 11.1. The van der Waals surface area contributed by atoms with E-state index in [1.54, 1.807) is 18.2 Å². The minimum Gasteiger partial charge on any atom is -0.466 e. The molecule has 1 aromatic rings. The second-order valence-electron chi connectivity index (χ2n) is 3.82. The van der Waals surface area contributed by atoms with Gasteiger partial charge in [-0.2, -0.15) is 0 Å². The van der Waals surface area contributed by atoms with Crippen molar-refractivity contribution < 1.29 is 9.53 Å². The molecule has 98 valence electrons. The fraction of sp³-hybridized carbons (Fsp3) is 0.118. The number of carbonyl (C=O) groups excluding carboxylic acids is 1. The molecular weight excluding hydrogens is 236 g/mol. The molecule has 0 radical (unpaired) electrons. The van der Waals surface area contributed by atoms with Crippen LogP contribution in [0.15, 0.2) is 72.9 Å². The molecule has 0 saturated heterocycles. The molecule has 0 amide bonds. The number of methoxy groups -OCH3 is 1. The molecule has 1 aromatic carbocycles. The van der Waals surface area contributed by atoms with Crippen LogP contribution in [0.5, 0.6) is 0 Å². The van der Waals surface area contributed by atoms with E-state index in [-0.39, 0.29) is 5.97 Å². The maximum absolute atomic E-state index is 11.6. The van der Waals surface area contributed by atoms with Crippen LogP contribution in [0.4, 0.5) is 0 Å². The predicted molar refractivity (Wildman–Crippen MR) is 79.5 cm³/mol. The number of ether oxygens (including phenoxy) is 1. The van der Waals surface area contributed by atoms with E-state index in [9.17, 15) is 4.79 Å². The van der Waals surface area contributed by atoms with Crippen LogP contribution in [-0.2, 0) is 9.53 Å². The Hall–Kier alpha value is -2.35. The number of esters is 1. The van der Waals surface area contributed by atoms with Crippen LogP contribution in [0, 0.1) is 0 Å². The summed E-state index contributed by atoms with van der Waals surface area (Å²) in [7, 11) is 1.38. The summed E-state index contributed by atoms with van der Waals surface area (Å²) in [6.45, 7) is 3.59. The fourth-order valence-electron chi connectivity index (χ4n) is 1.48. The summed E-state index contributed by atoms with van der Waals surface area (Å²) in [6.07, 6.45) is 11.4. The van der Waals surface area contributed by atoms with Gasteiger partial charge in [0, 0.05) is 5.57 Å². The second-order valence-corrected chi connectivity index (χ2v) is 3.82. The molecule has 0 aliphatic carbocycles. The van der Waals surface area contributed by atoms with E-state index in [2.05, 4.69) is 6.58 Å². The Morgan fingerprint density at radius 2 is 2.00 bits per heavy atom. The molecule has 0 N–H and O–H groups in total. The van der Waals surface area contributed by atoms with Gasteiger partial charge in [0.15, 0.2) is 0 Å². The smallest absolute Gasteiger partial charge is 0.334 e. The first-order valence-corrected chi connectivity index (χ1v) is 6.06. The molecule has 19 heavy (non-hydrogen) atoms. The van der Waals surface area contributed by atoms with Gasteiger partial charge in [0.25, 0.3) is 0 Å². The van der Waals surface area contributed by atoms with E-state index >= 15 is 0 Å². The SMILES string of the molecule is C=CC=CCC(=CC=Cc1ccccc1)C(=O)OC. The van der Waals surface area contributed by atoms with Gasteiger partial charge in [-0.15, -0.1) is 0 Å². The number of benzene rings is 1. The van der Waals surface area contributed by atoms with Gasteiger partial charge in [-0.25, -0.2) is 4.79 Å². The predicted octanol–water partition coefficient (Wildman–Crippen LogP) is 3.93. The summed E-state index contributed by atoms with van der Waals surface area (Å²) < 4.78 is 4.74. The van der Waals surface area contributed by atoms with Crippen LogP contribution in [0.1, 0.15) is 12.0 Å². The van der Waals surface area contributed by atoms with E-state index in [0.717, 1.165) is 5.56 Å². The average molecular weight is 254 g/mol. The number of hydrogen-bond donors (Lipinski definition) is 0. The number of hydrogen-bond acceptors (Lipinski definition) is 2. The van der Waals surface area contributed by atoms with Crippen molar-refractivity contribution in [3.8, 4) is 0 Å². The quantitative estimate of drug-likeness (QED) is 0.437. The largest absolute Gasteiger partial charge is 0.466 e. The molecule has 0 aromatic heterocycles. The first-order valence-electron chi connectivity index (χ1n) is 6.06. The van der Waals surface area contributed by atoms with Crippen LogP contribution in [0.3, 0.4) is 0 Å². The number of carbonyl (C=O) groups is 1. The van der Waals surface area contributed by atoms with Gasteiger partial charge >= 0.3 is 5.97 Å². The highest BCUT2D eigenvalue weighted by Gasteiger charge is 2.05. The number of rotatable bonds is 6. The van der Waals surface area contributed by atoms with Crippen molar-refractivity contribution in [2.24, 2.45) is 0 Å². The first-order chi connectivity index (χ1) is 9.27. The average Bonchev–Trinajstić information content (AvgIpc) is 2.46. The zero-order valence-electron chi connectivity index (χ0n) is 11.1. The van der Waals surface area contributed by atoms with Gasteiger partial charge < -0.3 is 4.74 Å². The summed E-state index contributed by atoms with van der Waals surface area (Å²) in [5.41, 5.74) is 1.69. The molecule has 0 atom stereocenters. The molecule has 0 heterocycles. The van der Waals surface area contributed by atoms with Crippen molar-refractivity contribution >= 4 is 12.0 Å². The summed E-state index contributed by atoms with van der Waals surface area (Å²) in [5.74, 6) is -0.313. The van der Waals surface area contributed by atoms with E-state index in [4.69, 9.17) is 4.74 Å². The summed E-state index contributed by atoms with van der Waals surface area (Å²) in [5, 5.41) is 0. The Morgan fingerprint density at radius 3 is 2.63 bits per heavy atom. The van der Waals surface area contributed by atoms with Crippen LogP contribution in [0.25, 0.3) is 6.08 Å². The van der Waals surface area contributed by atoms with Crippen molar-refractivity contribution in [3.63, 3.8) is 0 Å². The molecule has 1 rings (SSSR count). The standard InChI is InChI=1S/C17H18O2/c1-3-4-6-13-16(17(18)19-2)14-9-12-15-10-7-5-8-11-15/h3-12,14H,1,13H2,2H3.